The maximum absolute atomic E-state index is 13.4. The zero-order valence-electron chi connectivity index (χ0n) is 14.8. The molecule has 0 aliphatic heterocycles. The molecule has 4 rings (SSSR count). The number of nitrogens with one attached hydrogen (secondary N) is 1. The highest BCUT2D eigenvalue weighted by molar-refractivity contribution is 5.56. The molecule has 2 aliphatic rings. The molecule has 0 unspecified atom stereocenters. The molecule has 5 nitrogen and oxygen atoms in total. The lowest BCUT2D eigenvalue weighted by molar-refractivity contribution is -0.136. The minimum atomic E-state index is -4.47. The predicted molar refractivity (Wildman–Crippen MR) is 93.0 cm³/mol. The molecule has 142 valence electrons. The number of hydrogen-bond acceptors (Lipinski definition) is 4. The second-order valence-electron chi connectivity index (χ2n) is 7.62. The molecule has 3 atom stereocenters. The molecule has 2 fully saturated rings. The van der Waals surface area contributed by atoms with Crippen LogP contribution < -0.4 is 11.1 Å². The summed E-state index contributed by atoms with van der Waals surface area (Å²) in [7, 11) is 0. The molecule has 0 amide bonds. The fourth-order valence-corrected chi connectivity index (χ4v) is 4.11. The van der Waals surface area contributed by atoms with Gasteiger partial charge in [0.2, 0.25) is 0 Å². The Morgan fingerprint density at radius 2 is 2.08 bits per heavy atom. The number of alkyl halides is 3. The van der Waals surface area contributed by atoms with E-state index < -0.39 is 11.7 Å². The Kier molecular flexibility index (Phi) is 4.33. The first-order valence-electron chi connectivity index (χ1n) is 9.34. The minimum absolute atomic E-state index is 0.112. The summed E-state index contributed by atoms with van der Waals surface area (Å²) in [6, 6.07) is 2.18. The van der Waals surface area contributed by atoms with E-state index in [1.165, 1.54) is 4.52 Å². The van der Waals surface area contributed by atoms with E-state index in [-0.39, 0.29) is 23.6 Å². The van der Waals surface area contributed by atoms with Gasteiger partial charge in [0.25, 0.3) is 0 Å². The second kappa shape index (κ2) is 6.40. The van der Waals surface area contributed by atoms with Crippen LogP contribution in [0.2, 0.25) is 0 Å². The smallest absolute Gasteiger partial charge is 0.367 e. The summed E-state index contributed by atoms with van der Waals surface area (Å²) in [6.45, 7) is 2.07. The molecule has 0 spiro atoms. The first kappa shape index (κ1) is 17.6. The van der Waals surface area contributed by atoms with Gasteiger partial charge in [0.1, 0.15) is 11.4 Å². The van der Waals surface area contributed by atoms with Crippen molar-refractivity contribution in [2.24, 2.45) is 11.7 Å². The van der Waals surface area contributed by atoms with Gasteiger partial charge in [-0.25, -0.2) is 4.98 Å². The van der Waals surface area contributed by atoms with Crippen molar-refractivity contribution in [2.75, 3.05) is 5.32 Å². The third-order valence-electron chi connectivity index (χ3n) is 5.63. The monoisotopic (exact) mass is 367 g/mol. The summed E-state index contributed by atoms with van der Waals surface area (Å²) in [5, 5.41) is 7.34. The van der Waals surface area contributed by atoms with Gasteiger partial charge in [-0.1, -0.05) is 6.92 Å². The number of fused-ring (bicyclic) bond motifs is 1. The number of hydrogen-bond donors (Lipinski definition) is 2. The third kappa shape index (κ3) is 3.26. The van der Waals surface area contributed by atoms with Crippen molar-refractivity contribution in [3.05, 3.63) is 23.5 Å². The van der Waals surface area contributed by atoms with Gasteiger partial charge in [-0.2, -0.15) is 22.8 Å². The molecular weight excluding hydrogens is 343 g/mol. The first-order chi connectivity index (χ1) is 12.4. The zero-order valence-corrected chi connectivity index (χ0v) is 14.8. The van der Waals surface area contributed by atoms with Crippen LogP contribution in [-0.2, 0) is 6.18 Å². The van der Waals surface area contributed by atoms with Crippen molar-refractivity contribution in [1.82, 2.24) is 14.6 Å². The molecule has 2 aromatic heterocycles. The highest BCUT2D eigenvalue weighted by Crippen LogP contribution is 2.45. The Hall–Kier alpha value is -1.83. The quantitative estimate of drug-likeness (QED) is 0.840. The van der Waals surface area contributed by atoms with Crippen LogP contribution in [0.5, 0.6) is 0 Å². The van der Waals surface area contributed by atoms with Gasteiger partial charge in [0.15, 0.2) is 5.65 Å². The van der Waals surface area contributed by atoms with E-state index in [1.807, 2.05) is 6.07 Å². The molecule has 2 saturated carbocycles. The van der Waals surface area contributed by atoms with Crippen LogP contribution in [0.4, 0.5) is 19.0 Å². The van der Waals surface area contributed by atoms with Gasteiger partial charge in [-0.3, -0.25) is 0 Å². The highest BCUT2D eigenvalue weighted by atomic mass is 19.4. The zero-order chi connectivity index (χ0) is 18.5. The van der Waals surface area contributed by atoms with Gasteiger partial charge in [0.05, 0.1) is 6.20 Å². The molecule has 3 N–H and O–H groups in total. The van der Waals surface area contributed by atoms with Gasteiger partial charge in [0, 0.05) is 29.8 Å². The molecule has 0 bridgehead atoms. The Morgan fingerprint density at radius 3 is 2.65 bits per heavy atom. The summed E-state index contributed by atoms with van der Waals surface area (Å²) >= 11 is 0. The average molecular weight is 367 g/mol. The van der Waals surface area contributed by atoms with Crippen molar-refractivity contribution in [2.45, 2.75) is 69.6 Å². The molecule has 0 aromatic carbocycles. The van der Waals surface area contributed by atoms with Crippen LogP contribution in [0.1, 0.15) is 62.6 Å². The number of aromatic nitrogens is 3. The summed E-state index contributed by atoms with van der Waals surface area (Å²) < 4.78 is 41.5. The lowest BCUT2D eigenvalue weighted by Gasteiger charge is -2.19. The molecule has 8 heteroatoms. The van der Waals surface area contributed by atoms with Crippen molar-refractivity contribution in [3.8, 4) is 0 Å². The van der Waals surface area contributed by atoms with Crippen LogP contribution in [-0.4, -0.2) is 26.7 Å². The number of nitrogens with two attached hydrogens (primary N) is 1. The maximum atomic E-state index is 13.4. The summed E-state index contributed by atoms with van der Waals surface area (Å²) in [6.07, 6.45) is 2.16. The Morgan fingerprint density at radius 1 is 1.31 bits per heavy atom. The fourth-order valence-electron chi connectivity index (χ4n) is 4.11. The third-order valence-corrected chi connectivity index (χ3v) is 5.63. The SMILES string of the molecule is CC[C@@H](c1cc(N[C@H]2CC[C@H](N)C2)n2ncc(C(F)(F)F)c2n1)C1CC1. The summed E-state index contributed by atoms with van der Waals surface area (Å²) in [5.74, 6) is 1.31. The highest BCUT2D eigenvalue weighted by Gasteiger charge is 2.37. The van der Waals surface area contributed by atoms with E-state index >= 15 is 0 Å². The van der Waals surface area contributed by atoms with Crippen LogP contribution in [0, 0.1) is 5.92 Å². The predicted octanol–water partition coefficient (Wildman–Crippen LogP) is 3.94. The minimum Gasteiger partial charge on any atom is -0.367 e. The van der Waals surface area contributed by atoms with E-state index in [9.17, 15) is 13.2 Å². The summed E-state index contributed by atoms with van der Waals surface area (Å²) in [5.41, 5.74) is 5.82. The maximum Gasteiger partial charge on any atom is 0.421 e. The van der Waals surface area contributed by atoms with E-state index in [0.717, 1.165) is 50.4 Å². The average Bonchev–Trinajstić information content (AvgIpc) is 3.15. The normalized spacial score (nSPS) is 25.0. The number of rotatable bonds is 5. The lowest BCUT2D eigenvalue weighted by Crippen LogP contribution is -2.22. The topological polar surface area (TPSA) is 68.2 Å². The first-order valence-corrected chi connectivity index (χ1v) is 9.34. The fraction of sp³-hybridized carbons (Fsp3) is 0.667. The Bertz CT molecular complexity index is 796. The molecule has 2 heterocycles. The molecular formula is C18H24F3N5. The van der Waals surface area contributed by atoms with Crippen LogP contribution in [0.15, 0.2) is 12.3 Å². The Labute approximate surface area is 150 Å². The van der Waals surface area contributed by atoms with Crippen LogP contribution >= 0.6 is 0 Å². The largest absolute Gasteiger partial charge is 0.421 e. The molecule has 0 radical (unpaired) electrons. The second-order valence-corrected chi connectivity index (χ2v) is 7.62. The standard InChI is InChI=1S/C18H24F3N5/c1-2-13(10-3-4-10)15-8-16(24-12-6-5-11(22)7-12)26-17(25-15)14(9-23-26)18(19,20)21/h8-13,24H,2-7,22H2,1H3/t11-,12-,13+/m0/s1. The van der Waals surface area contributed by atoms with Gasteiger partial charge < -0.3 is 11.1 Å². The van der Waals surface area contributed by atoms with Crippen LogP contribution in [0.25, 0.3) is 5.65 Å². The van der Waals surface area contributed by atoms with Crippen molar-refractivity contribution in [3.63, 3.8) is 0 Å². The lowest BCUT2D eigenvalue weighted by atomic mass is 9.96. The van der Waals surface area contributed by atoms with Gasteiger partial charge >= 0.3 is 6.18 Å². The van der Waals surface area contributed by atoms with E-state index in [0.29, 0.717) is 11.7 Å². The van der Waals surface area contributed by atoms with Crippen molar-refractivity contribution >= 4 is 11.5 Å². The van der Waals surface area contributed by atoms with Crippen molar-refractivity contribution in [1.29, 1.82) is 0 Å². The molecule has 26 heavy (non-hydrogen) atoms. The van der Waals surface area contributed by atoms with Crippen LogP contribution in [0.3, 0.4) is 0 Å². The number of nitrogens with zero attached hydrogens (tertiary/aromatic N) is 3. The molecule has 2 aliphatic carbocycles. The van der Waals surface area contributed by atoms with E-state index in [4.69, 9.17) is 5.73 Å². The molecule has 2 aromatic rings. The van der Waals surface area contributed by atoms with Gasteiger partial charge in [-0.15, -0.1) is 0 Å². The van der Waals surface area contributed by atoms with Gasteiger partial charge in [-0.05, 0) is 44.4 Å². The molecule has 0 saturated heterocycles. The Balaban J connectivity index is 1.78. The van der Waals surface area contributed by atoms with E-state index in [2.05, 4.69) is 22.3 Å². The summed E-state index contributed by atoms with van der Waals surface area (Å²) in [4.78, 5) is 4.40. The number of anilines is 1. The van der Waals surface area contributed by atoms with E-state index in [1.54, 1.807) is 0 Å². The number of halogens is 3. The van der Waals surface area contributed by atoms with Crippen molar-refractivity contribution < 1.29 is 13.2 Å².